The molecule has 0 bridgehead atoms. The summed E-state index contributed by atoms with van der Waals surface area (Å²) in [7, 11) is 0. The first kappa shape index (κ1) is 27.7. The molecule has 0 aliphatic carbocycles. The number of nitrogens with zero attached hydrogens (tertiary/aromatic N) is 2. The zero-order valence-electron chi connectivity index (χ0n) is 23.9. The highest BCUT2D eigenvalue weighted by molar-refractivity contribution is 9.10. The first-order valence-electron chi connectivity index (χ1n) is 14.9. The quantitative estimate of drug-likeness (QED) is 0.191. The molecule has 6 rings (SSSR count). The topological polar surface area (TPSA) is 37.3 Å². The van der Waals surface area contributed by atoms with E-state index in [9.17, 15) is 4.79 Å². The predicted molar refractivity (Wildman–Crippen MR) is 176 cm³/mol. The van der Waals surface area contributed by atoms with Crippen LogP contribution in [0, 0.1) is 5.92 Å². The van der Waals surface area contributed by atoms with Gasteiger partial charge in [0.15, 0.2) is 0 Å². The summed E-state index contributed by atoms with van der Waals surface area (Å²) in [5, 5.41) is 6.97. The number of hydrogen-bond donors (Lipinski definition) is 1. The lowest BCUT2D eigenvalue weighted by molar-refractivity contribution is -0.118. The van der Waals surface area contributed by atoms with E-state index in [0.29, 0.717) is 5.92 Å². The van der Waals surface area contributed by atoms with E-state index in [1.807, 2.05) is 19.9 Å². The monoisotopic (exact) mass is 607 g/mol. The number of benzene rings is 4. The van der Waals surface area contributed by atoms with E-state index < -0.39 is 0 Å². The maximum atomic E-state index is 12.2. The molecule has 0 saturated carbocycles. The summed E-state index contributed by atoms with van der Waals surface area (Å²) in [6.45, 7) is 8.17. The fourth-order valence-corrected chi connectivity index (χ4v) is 6.49. The van der Waals surface area contributed by atoms with Crippen LogP contribution in [0.25, 0.3) is 32.9 Å². The smallest absolute Gasteiger partial charge is 0.226 e. The third kappa shape index (κ3) is 6.12. The van der Waals surface area contributed by atoms with E-state index >= 15 is 0 Å². The highest BCUT2D eigenvalue weighted by Gasteiger charge is 2.21. The maximum Gasteiger partial charge on any atom is 0.226 e. The second-order valence-electron chi connectivity index (χ2n) is 11.7. The Labute approximate surface area is 251 Å². The number of nitrogens with one attached hydrogen (secondary N) is 1. The van der Waals surface area contributed by atoms with Crippen LogP contribution in [-0.4, -0.2) is 35.0 Å². The zero-order chi connectivity index (χ0) is 28.3. The molecule has 4 nitrogen and oxygen atoms in total. The number of hydrogen-bond acceptors (Lipinski definition) is 2. The third-order valence-electron chi connectivity index (χ3n) is 8.52. The minimum atomic E-state index is -0.0175. The Bertz CT molecular complexity index is 1660. The molecule has 0 radical (unpaired) electrons. The van der Waals surface area contributed by atoms with Crippen LogP contribution in [0.1, 0.15) is 44.6 Å². The molecule has 4 aromatic carbocycles. The molecule has 1 N–H and O–H groups in total. The Balaban J connectivity index is 1.14. The number of rotatable bonds is 8. The second-order valence-corrected chi connectivity index (χ2v) is 12.6. The van der Waals surface area contributed by atoms with Crippen LogP contribution in [0.3, 0.4) is 0 Å². The maximum absolute atomic E-state index is 12.2. The van der Waals surface area contributed by atoms with Gasteiger partial charge in [-0.3, -0.25) is 4.79 Å². The van der Waals surface area contributed by atoms with Gasteiger partial charge in [-0.2, -0.15) is 0 Å². The van der Waals surface area contributed by atoms with Gasteiger partial charge in [-0.15, -0.1) is 0 Å². The lowest BCUT2D eigenvalue weighted by atomic mass is 9.89. The number of halogens is 1. The Kier molecular flexibility index (Phi) is 8.27. The summed E-state index contributed by atoms with van der Waals surface area (Å²) in [6, 6.07) is 32.8. The molecule has 210 valence electrons. The SMILES string of the molecule is CC(C)C(=O)Nc1cccc(C2CCN(CCCn3c(-c4ccc(Br)cc4)cc4ccc5ccccc5c43)CC2)c1. The van der Waals surface area contributed by atoms with Gasteiger partial charge in [0.05, 0.1) is 5.52 Å². The molecule has 1 amide bonds. The molecule has 2 heterocycles. The number of aromatic nitrogens is 1. The van der Waals surface area contributed by atoms with Crippen molar-refractivity contribution in [2.24, 2.45) is 5.92 Å². The number of carbonyl (C=O) groups is 1. The van der Waals surface area contributed by atoms with Gasteiger partial charge in [0.25, 0.3) is 0 Å². The normalized spacial score (nSPS) is 14.7. The standard InChI is InChI=1S/C36H38BrN3O/c1-25(2)36(41)38-32-9-5-8-29(23-32)26-17-21-39(22-18-26)19-6-20-40-34(28-13-15-31(37)16-14-28)24-30-12-11-27-7-3-4-10-33(27)35(30)40/h3-5,7-16,23-26H,6,17-22H2,1-2H3,(H,38,41). The molecule has 0 atom stereocenters. The van der Waals surface area contributed by atoms with Gasteiger partial charge in [0.2, 0.25) is 5.91 Å². The molecule has 0 spiro atoms. The Hall–Kier alpha value is -3.41. The molecular weight excluding hydrogens is 570 g/mol. The van der Waals surface area contributed by atoms with Gasteiger partial charge < -0.3 is 14.8 Å². The van der Waals surface area contributed by atoms with Crippen LogP contribution in [0.2, 0.25) is 0 Å². The lowest BCUT2D eigenvalue weighted by Gasteiger charge is -2.32. The van der Waals surface area contributed by atoms with Gasteiger partial charge >= 0.3 is 0 Å². The fraction of sp³-hybridized carbons (Fsp3) is 0.306. The first-order valence-corrected chi connectivity index (χ1v) is 15.7. The van der Waals surface area contributed by atoms with Crippen LogP contribution >= 0.6 is 15.9 Å². The van der Waals surface area contributed by atoms with E-state index in [1.165, 1.54) is 38.5 Å². The molecule has 1 aromatic heterocycles. The molecule has 0 unspecified atom stereocenters. The minimum absolute atomic E-state index is 0.0175. The summed E-state index contributed by atoms with van der Waals surface area (Å²) >= 11 is 3.60. The van der Waals surface area contributed by atoms with Crippen molar-refractivity contribution in [3.05, 3.63) is 101 Å². The number of fused-ring (bicyclic) bond motifs is 3. The molecule has 5 heteroatoms. The van der Waals surface area contributed by atoms with Crippen molar-refractivity contribution in [1.29, 1.82) is 0 Å². The number of anilines is 1. The van der Waals surface area contributed by atoms with E-state index in [0.717, 1.165) is 55.6 Å². The van der Waals surface area contributed by atoms with Gasteiger partial charge in [-0.05, 0) is 91.7 Å². The van der Waals surface area contributed by atoms with Gasteiger partial charge in [0.1, 0.15) is 0 Å². The van der Waals surface area contributed by atoms with Crippen molar-refractivity contribution in [3.63, 3.8) is 0 Å². The minimum Gasteiger partial charge on any atom is -0.340 e. The average Bonchev–Trinajstić information content (AvgIpc) is 3.37. The van der Waals surface area contributed by atoms with Crippen molar-refractivity contribution in [1.82, 2.24) is 9.47 Å². The van der Waals surface area contributed by atoms with E-state index in [2.05, 4.69) is 116 Å². The second kappa shape index (κ2) is 12.2. The molecule has 41 heavy (non-hydrogen) atoms. The fourth-order valence-electron chi connectivity index (χ4n) is 6.23. The van der Waals surface area contributed by atoms with Crippen LogP contribution in [-0.2, 0) is 11.3 Å². The molecule has 1 aliphatic rings. The van der Waals surface area contributed by atoms with Gasteiger partial charge in [-0.25, -0.2) is 0 Å². The van der Waals surface area contributed by atoms with E-state index in [4.69, 9.17) is 0 Å². The molecule has 1 fully saturated rings. The summed E-state index contributed by atoms with van der Waals surface area (Å²) in [5.74, 6) is 0.603. The van der Waals surface area contributed by atoms with Crippen molar-refractivity contribution < 1.29 is 4.79 Å². The number of amides is 1. The summed E-state index contributed by atoms with van der Waals surface area (Å²) in [4.78, 5) is 14.8. The molecule has 5 aromatic rings. The zero-order valence-corrected chi connectivity index (χ0v) is 25.5. The Morgan fingerprint density at radius 1 is 0.878 bits per heavy atom. The van der Waals surface area contributed by atoms with Crippen LogP contribution in [0.4, 0.5) is 5.69 Å². The largest absolute Gasteiger partial charge is 0.340 e. The summed E-state index contributed by atoms with van der Waals surface area (Å²) in [6.07, 6.45) is 3.42. The average molecular weight is 609 g/mol. The highest BCUT2D eigenvalue weighted by Crippen LogP contribution is 2.34. The van der Waals surface area contributed by atoms with Crippen molar-refractivity contribution in [2.45, 2.75) is 45.6 Å². The highest BCUT2D eigenvalue weighted by atomic mass is 79.9. The van der Waals surface area contributed by atoms with Crippen LogP contribution in [0.5, 0.6) is 0 Å². The lowest BCUT2D eigenvalue weighted by Crippen LogP contribution is -2.34. The van der Waals surface area contributed by atoms with E-state index in [1.54, 1.807) is 0 Å². The van der Waals surface area contributed by atoms with E-state index in [-0.39, 0.29) is 11.8 Å². The number of piperidine rings is 1. The Morgan fingerprint density at radius 3 is 2.41 bits per heavy atom. The molecular formula is C36H38BrN3O. The van der Waals surface area contributed by atoms with Crippen LogP contribution in [0.15, 0.2) is 95.5 Å². The predicted octanol–water partition coefficient (Wildman–Crippen LogP) is 9.09. The van der Waals surface area contributed by atoms with Crippen LogP contribution < -0.4 is 5.32 Å². The summed E-state index contributed by atoms with van der Waals surface area (Å²) in [5.41, 5.74) is 6.13. The number of likely N-dealkylation sites (tertiary alicyclic amines) is 1. The molecule has 1 saturated heterocycles. The first-order chi connectivity index (χ1) is 20.0. The van der Waals surface area contributed by atoms with Crippen molar-refractivity contribution >= 4 is 49.2 Å². The summed E-state index contributed by atoms with van der Waals surface area (Å²) < 4.78 is 3.65. The van der Waals surface area contributed by atoms with Gasteiger partial charge in [-0.1, -0.05) is 90.4 Å². The van der Waals surface area contributed by atoms with Crippen molar-refractivity contribution in [3.8, 4) is 11.3 Å². The van der Waals surface area contributed by atoms with Gasteiger partial charge in [0, 0.05) is 39.1 Å². The number of carbonyl (C=O) groups excluding carboxylic acids is 1. The number of aryl methyl sites for hydroxylation is 1. The Morgan fingerprint density at radius 2 is 1.63 bits per heavy atom. The third-order valence-corrected chi connectivity index (χ3v) is 9.05. The van der Waals surface area contributed by atoms with Crippen molar-refractivity contribution in [2.75, 3.05) is 25.0 Å². The molecule has 1 aliphatic heterocycles.